The van der Waals surface area contributed by atoms with Crippen molar-refractivity contribution in [3.63, 3.8) is 0 Å². The number of fused-ring (bicyclic) bond motifs is 3. The number of para-hydroxylation sites is 1. The number of hydrogen-bond acceptors (Lipinski definition) is 5. The van der Waals surface area contributed by atoms with Crippen LogP contribution in [-0.4, -0.2) is 42.5 Å². The number of benzene rings is 2. The summed E-state index contributed by atoms with van der Waals surface area (Å²) in [4.78, 5) is 41.5. The number of amides is 2. The lowest BCUT2D eigenvalue weighted by molar-refractivity contribution is -0.157. The van der Waals surface area contributed by atoms with Gasteiger partial charge in [-0.3, -0.25) is 14.5 Å². The largest absolute Gasteiger partial charge is 0.497 e. The zero-order chi connectivity index (χ0) is 19.9. The van der Waals surface area contributed by atoms with Gasteiger partial charge in [-0.2, -0.15) is 0 Å². The zero-order valence-corrected chi connectivity index (χ0v) is 15.7. The molecule has 2 aromatic rings. The highest BCUT2D eigenvalue weighted by Crippen LogP contribution is 2.44. The number of anilines is 1. The first kappa shape index (κ1) is 18.0. The van der Waals surface area contributed by atoms with Gasteiger partial charge in [0.15, 0.2) is 0 Å². The van der Waals surface area contributed by atoms with Crippen LogP contribution in [0, 0.1) is 0 Å². The molecule has 0 aliphatic carbocycles. The molecule has 0 unspecified atom stereocenters. The van der Waals surface area contributed by atoms with E-state index in [1.165, 1.54) is 9.80 Å². The molecular formula is C21H20N2O5. The number of esters is 1. The molecule has 2 aliphatic heterocycles. The third kappa shape index (κ3) is 2.54. The Balaban J connectivity index is 1.65. The van der Waals surface area contributed by atoms with Gasteiger partial charge in [0.1, 0.15) is 12.4 Å². The zero-order valence-electron chi connectivity index (χ0n) is 15.7. The Morgan fingerprint density at radius 2 is 1.82 bits per heavy atom. The summed E-state index contributed by atoms with van der Waals surface area (Å²) in [6, 6.07) is 14.0. The smallest absolute Gasteiger partial charge is 0.354 e. The summed E-state index contributed by atoms with van der Waals surface area (Å²) in [6.07, 6.45) is 0.368. The number of nitrogens with zero attached hydrogens (tertiary/aromatic N) is 2. The molecule has 1 saturated heterocycles. The molecule has 0 saturated carbocycles. The van der Waals surface area contributed by atoms with Crippen molar-refractivity contribution in [1.82, 2.24) is 4.90 Å². The van der Waals surface area contributed by atoms with Gasteiger partial charge in [0.05, 0.1) is 18.4 Å². The van der Waals surface area contributed by atoms with Crippen molar-refractivity contribution in [3.05, 3.63) is 59.7 Å². The highest BCUT2D eigenvalue weighted by Gasteiger charge is 2.60. The van der Waals surface area contributed by atoms with E-state index in [9.17, 15) is 14.4 Å². The summed E-state index contributed by atoms with van der Waals surface area (Å²) >= 11 is 0. The van der Waals surface area contributed by atoms with E-state index in [1.807, 2.05) is 0 Å². The Hall–Kier alpha value is -3.35. The minimum absolute atomic E-state index is 0.0380. The van der Waals surface area contributed by atoms with E-state index in [4.69, 9.17) is 9.47 Å². The quantitative estimate of drug-likeness (QED) is 0.761. The standard InChI is InChI=1S/C21H20N2O5/c1-22-19(25)16-5-3-4-6-17(16)23-18(24)11-12-21(22,23)20(26)28-13-14-7-9-15(27-2)10-8-14/h3-10H,11-13H2,1-2H3/t21-/m0/s1. The summed E-state index contributed by atoms with van der Waals surface area (Å²) in [5, 5.41) is 0. The molecule has 7 heteroatoms. The number of hydrogen-bond donors (Lipinski definition) is 0. The third-order valence-electron chi connectivity index (χ3n) is 5.40. The topological polar surface area (TPSA) is 76.1 Å². The van der Waals surface area contributed by atoms with E-state index in [0.29, 0.717) is 17.0 Å². The normalized spacial score (nSPS) is 20.6. The predicted octanol–water partition coefficient (Wildman–Crippen LogP) is 2.35. The summed E-state index contributed by atoms with van der Waals surface area (Å²) in [7, 11) is 3.12. The monoisotopic (exact) mass is 380 g/mol. The molecule has 2 heterocycles. The molecule has 1 fully saturated rings. The summed E-state index contributed by atoms with van der Waals surface area (Å²) in [5.74, 6) is -0.411. The molecular weight excluding hydrogens is 360 g/mol. The van der Waals surface area contributed by atoms with Gasteiger partial charge in [0, 0.05) is 19.9 Å². The summed E-state index contributed by atoms with van der Waals surface area (Å²) < 4.78 is 10.7. The van der Waals surface area contributed by atoms with Gasteiger partial charge in [-0.25, -0.2) is 4.79 Å². The fourth-order valence-corrected chi connectivity index (χ4v) is 3.88. The maximum atomic E-state index is 13.2. The Morgan fingerprint density at radius 1 is 1.11 bits per heavy atom. The van der Waals surface area contributed by atoms with Gasteiger partial charge in [-0.15, -0.1) is 0 Å². The molecule has 0 N–H and O–H groups in total. The van der Waals surface area contributed by atoms with E-state index < -0.39 is 11.6 Å². The van der Waals surface area contributed by atoms with Crippen LogP contribution in [0.2, 0.25) is 0 Å². The SMILES string of the molecule is COc1ccc(COC(=O)[C@]23CCC(=O)N2c2ccccc2C(=O)N3C)cc1. The van der Waals surface area contributed by atoms with Crippen molar-refractivity contribution in [1.29, 1.82) is 0 Å². The number of rotatable bonds is 4. The molecule has 28 heavy (non-hydrogen) atoms. The number of likely N-dealkylation sites (N-methyl/N-ethyl adjacent to an activating group) is 1. The molecule has 1 atom stereocenters. The minimum atomic E-state index is -1.45. The lowest BCUT2D eigenvalue weighted by atomic mass is 9.97. The van der Waals surface area contributed by atoms with Crippen LogP contribution >= 0.6 is 0 Å². The van der Waals surface area contributed by atoms with Crippen molar-refractivity contribution < 1.29 is 23.9 Å². The van der Waals surface area contributed by atoms with Gasteiger partial charge in [-0.1, -0.05) is 24.3 Å². The van der Waals surface area contributed by atoms with Gasteiger partial charge in [-0.05, 0) is 29.8 Å². The third-order valence-corrected chi connectivity index (χ3v) is 5.40. The predicted molar refractivity (Wildman–Crippen MR) is 101 cm³/mol. The minimum Gasteiger partial charge on any atom is -0.497 e. The number of ether oxygens (including phenoxy) is 2. The van der Waals surface area contributed by atoms with Gasteiger partial charge >= 0.3 is 5.97 Å². The second-order valence-electron chi connectivity index (χ2n) is 6.85. The molecule has 0 radical (unpaired) electrons. The first-order valence-corrected chi connectivity index (χ1v) is 8.99. The van der Waals surface area contributed by atoms with E-state index in [2.05, 4.69) is 0 Å². The van der Waals surface area contributed by atoms with Crippen LogP contribution in [0.15, 0.2) is 48.5 Å². The van der Waals surface area contributed by atoms with E-state index in [-0.39, 0.29) is 31.3 Å². The molecule has 0 bridgehead atoms. The molecule has 0 spiro atoms. The second-order valence-corrected chi connectivity index (χ2v) is 6.85. The molecule has 2 aromatic carbocycles. The highest BCUT2D eigenvalue weighted by molar-refractivity contribution is 6.15. The second kappa shape index (κ2) is 6.67. The Kier molecular flexibility index (Phi) is 4.30. The first-order chi connectivity index (χ1) is 13.5. The van der Waals surface area contributed by atoms with Gasteiger partial charge < -0.3 is 14.4 Å². The van der Waals surface area contributed by atoms with Crippen LogP contribution in [0.4, 0.5) is 5.69 Å². The van der Waals surface area contributed by atoms with Gasteiger partial charge in [0.2, 0.25) is 11.6 Å². The van der Waals surface area contributed by atoms with Crippen molar-refractivity contribution >= 4 is 23.5 Å². The van der Waals surface area contributed by atoms with Crippen LogP contribution < -0.4 is 9.64 Å². The van der Waals surface area contributed by atoms with Crippen LogP contribution in [0.5, 0.6) is 5.75 Å². The Morgan fingerprint density at radius 3 is 2.54 bits per heavy atom. The molecule has 4 rings (SSSR count). The Bertz CT molecular complexity index is 956. The first-order valence-electron chi connectivity index (χ1n) is 8.99. The van der Waals surface area contributed by atoms with E-state index in [0.717, 1.165) is 5.56 Å². The summed E-state index contributed by atoms with van der Waals surface area (Å²) in [6.45, 7) is 0.0380. The molecule has 2 aliphatic rings. The van der Waals surface area contributed by atoms with E-state index >= 15 is 0 Å². The van der Waals surface area contributed by atoms with Gasteiger partial charge in [0.25, 0.3) is 5.91 Å². The highest BCUT2D eigenvalue weighted by atomic mass is 16.5. The van der Waals surface area contributed by atoms with Crippen molar-refractivity contribution in [2.24, 2.45) is 0 Å². The van der Waals surface area contributed by atoms with Crippen LogP contribution in [0.1, 0.15) is 28.8 Å². The van der Waals surface area contributed by atoms with Crippen molar-refractivity contribution in [3.8, 4) is 5.75 Å². The average molecular weight is 380 g/mol. The average Bonchev–Trinajstić information content (AvgIpc) is 3.09. The molecule has 144 valence electrons. The van der Waals surface area contributed by atoms with Crippen LogP contribution in [0.25, 0.3) is 0 Å². The van der Waals surface area contributed by atoms with Crippen LogP contribution in [0.3, 0.4) is 0 Å². The number of methoxy groups -OCH3 is 1. The molecule has 0 aromatic heterocycles. The maximum Gasteiger partial charge on any atom is 0.354 e. The fraction of sp³-hybridized carbons (Fsp3) is 0.286. The van der Waals surface area contributed by atoms with E-state index in [1.54, 1.807) is 62.7 Å². The van der Waals surface area contributed by atoms with Crippen molar-refractivity contribution in [2.45, 2.75) is 25.1 Å². The lowest BCUT2D eigenvalue weighted by Gasteiger charge is -2.46. The molecule has 7 nitrogen and oxygen atoms in total. The van der Waals surface area contributed by atoms with Crippen LogP contribution in [-0.2, 0) is 20.9 Å². The Labute approximate surface area is 162 Å². The fourth-order valence-electron chi connectivity index (χ4n) is 3.88. The maximum absolute atomic E-state index is 13.2. The molecule has 2 amide bonds. The number of carbonyl (C=O) groups excluding carboxylic acids is 3. The lowest BCUT2D eigenvalue weighted by Crippen LogP contribution is -2.67. The number of carbonyl (C=O) groups is 3. The summed E-state index contributed by atoms with van der Waals surface area (Å²) in [5.41, 5.74) is 0.189. The van der Waals surface area contributed by atoms with Crippen molar-refractivity contribution in [2.75, 3.05) is 19.1 Å².